The molecule has 0 aliphatic rings. The van der Waals surface area contributed by atoms with Gasteiger partial charge in [-0.3, -0.25) is 0 Å². The van der Waals surface area contributed by atoms with Crippen molar-refractivity contribution in [2.24, 2.45) is 0 Å². The first kappa shape index (κ1) is 30.3. The number of benzene rings is 8. The molecule has 5 nitrogen and oxygen atoms in total. The van der Waals surface area contributed by atoms with Crippen molar-refractivity contribution in [2.45, 2.75) is 0 Å². The molecule has 0 saturated heterocycles. The molecular weight excluding hydrogens is 693 g/mol. The lowest BCUT2D eigenvalue weighted by Gasteiger charge is -2.13. The van der Waals surface area contributed by atoms with Crippen LogP contribution in [0.2, 0.25) is 0 Å². The zero-order valence-electron chi connectivity index (χ0n) is 29.3. The van der Waals surface area contributed by atoms with Crippen LogP contribution in [-0.2, 0) is 0 Å². The first-order chi connectivity index (χ1) is 27.2. The molecule has 0 saturated carbocycles. The van der Waals surface area contributed by atoms with Gasteiger partial charge >= 0.3 is 0 Å². The highest BCUT2D eigenvalue weighted by Gasteiger charge is 2.22. The Labute approximate surface area is 318 Å². The smallest absolute Gasteiger partial charge is 0.164 e. The van der Waals surface area contributed by atoms with Crippen LogP contribution in [0.1, 0.15) is 0 Å². The van der Waals surface area contributed by atoms with Crippen LogP contribution < -0.4 is 0 Å². The van der Waals surface area contributed by atoms with E-state index >= 15 is 0 Å². The van der Waals surface area contributed by atoms with E-state index in [1.165, 1.54) is 47.4 Å². The van der Waals surface area contributed by atoms with E-state index in [4.69, 9.17) is 19.4 Å². The molecule has 4 heterocycles. The highest BCUT2D eigenvalue weighted by Crippen LogP contribution is 2.45. The fraction of sp³-hybridized carbons (Fsp3) is 0. The molecule has 0 amide bonds. The number of furan rings is 1. The van der Waals surface area contributed by atoms with Gasteiger partial charge in [0, 0.05) is 53.7 Å². The van der Waals surface area contributed by atoms with Gasteiger partial charge in [0.15, 0.2) is 17.5 Å². The van der Waals surface area contributed by atoms with Gasteiger partial charge in [0.25, 0.3) is 0 Å². The van der Waals surface area contributed by atoms with Crippen molar-refractivity contribution in [3.63, 3.8) is 0 Å². The molecule has 0 fully saturated rings. The maximum absolute atomic E-state index is 6.30. The van der Waals surface area contributed by atoms with Crippen LogP contribution in [0.25, 0.3) is 115 Å². The molecule has 256 valence electrons. The number of rotatable bonds is 4. The van der Waals surface area contributed by atoms with Crippen molar-refractivity contribution in [1.29, 1.82) is 0 Å². The predicted octanol–water partition coefficient (Wildman–Crippen LogP) is 13.4. The highest BCUT2D eigenvalue weighted by atomic mass is 32.1. The van der Waals surface area contributed by atoms with Gasteiger partial charge in [-0.15, -0.1) is 11.3 Å². The molecule has 6 heteroatoms. The molecule has 0 spiro atoms. The van der Waals surface area contributed by atoms with Crippen LogP contribution in [0.5, 0.6) is 0 Å². The van der Waals surface area contributed by atoms with E-state index in [0.717, 1.165) is 49.7 Å². The summed E-state index contributed by atoms with van der Waals surface area (Å²) < 4.78 is 11.1. The van der Waals surface area contributed by atoms with Crippen molar-refractivity contribution in [3.8, 4) is 39.9 Å². The van der Waals surface area contributed by atoms with Crippen molar-refractivity contribution in [3.05, 3.63) is 170 Å². The molecule has 12 rings (SSSR count). The lowest BCUT2D eigenvalue weighted by atomic mass is 10.0. The first-order valence-electron chi connectivity index (χ1n) is 18.4. The summed E-state index contributed by atoms with van der Waals surface area (Å²) in [4.78, 5) is 15.5. The summed E-state index contributed by atoms with van der Waals surface area (Å²) in [5, 5.41) is 9.40. The molecule has 0 radical (unpaired) electrons. The highest BCUT2D eigenvalue weighted by molar-refractivity contribution is 7.26. The number of hydrogen-bond acceptors (Lipinski definition) is 5. The van der Waals surface area contributed by atoms with E-state index in [1.807, 2.05) is 53.8 Å². The number of hydrogen-bond donors (Lipinski definition) is 0. The lowest BCUT2D eigenvalue weighted by Crippen LogP contribution is -2.01. The standard InChI is InChI=1S/C49H28N4OS/c1-2-12-29(13-3-1)47-50-48(32-22-23-35-34-17-7-10-20-42(34)54-43(35)28-32)52-49(51-47)37-24-25-40(46-45(37)36-18-8-11-21-44(36)55-46)53-39-19-9-6-16-33(39)38-26-30-14-4-5-15-31(30)27-41(38)53/h1-28H. The number of thiophene rings is 1. The minimum absolute atomic E-state index is 0.595. The summed E-state index contributed by atoms with van der Waals surface area (Å²) >= 11 is 1.82. The van der Waals surface area contributed by atoms with Crippen molar-refractivity contribution < 1.29 is 4.42 Å². The van der Waals surface area contributed by atoms with Gasteiger partial charge in [-0.1, -0.05) is 115 Å². The third kappa shape index (κ3) is 4.62. The summed E-state index contributed by atoms with van der Waals surface area (Å²) in [6.07, 6.45) is 0. The molecule has 55 heavy (non-hydrogen) atoms. The maximum atomic E-state index is 6.30. The Morgan fingerprint density at radius 1 is 0.436 bits per heavy atom. The van der Waals surface area contributed by atoms with Gasteiger partial charge in [0.05, 0.1) is 21.4 Å². The predicted molar refractivity (Wildman–Crippen MR) is 228 cm³/mol. The molecule has 0 aliphatic heterocycles. The molecule has 0 unspecified atom stereocenters. The zero-order chi connectivity index (χ0) is 36.0. The summed E-state index contributed by atoms with van der Waals surface area (Å²) in [6, 6.07) is 59.7. The van der Waals surface area contributed by atoms with Gasteiger partial charge in [0.2, 0.25) is 0 Å². The van der Waals surface area contributed by atoms with Crippen LogP contribution in [0.3, 0.4) is 0 Å². The van der Waals surface area contributed by atoms with Gasteiger partial charge < -0.3 is 8.98 Å². The van der Waals surface area contributed by atoms with Crippen LogP contribution >= 0.6 is 11.3 Å². The van der Waals surface area contributed by atoms with Crippen LogP contribution in [0.4, 0.5) is 0 Å². The third-order valence-electron chi connectivity index (χ3n) is 10.8. The number of fused-ring (bicyclic) bond motifs is 10. The average Bonchev–Trinajstić information content (AvgIpc) is 3.92. The number of nitrogens with zero attached hydrogens (tertiary/aromatic N) is 4. The number of para-hydroxylation sites is 2. The maximum Gasteiger partial charge on any atom is 0.164 e. The minimum atomic E-state index is 0.595. The zero-order valence-corrected chi connectivity index (χ0v) is 30.1. The van der Waals surface area contributed by atoms with Crippen LogP contribution in [0, 0.1) is 0 Å². The first-order valence-corrected chi connectivity index (χ1v) is 19.2. The Hall–Kier alpha value is -7.15. The fourth-order valence-electron chi connectivity index (χ4n) is 8.30. The Kier molecular flexibility index (Phi) is 6.44. The lowest BCUT2D eigenvalue weighted by molar-refractivity contribution is 0.669. The largest absolute Gasteiger partial charge is 0.456 e. The fourth-order valence-corrected chi connectivity index (χ4v) is 9.53. The van der Waals surface area contributed by atoms with E-state index in [-0.39, 0.29) is 0 Å². The van der Waals surface area contributed by atoms with E-state index in [9.17, 15) is 0 Å². The molecule has 0 atom stereocenters. The topological polar surface area (TPSA) is 56.7 Å². The second-order valence-corrected chi connectivity index (χ2v) is 15.0. The molecule has 12 aromatic rings. The Balaban J connectivity index is 1.13. The average molecular weight is 721 g/mol. The summed E-state index contributed by atoms with van der Waals surface area (Å²) in [7, 11) is 0. The van der Waals surface area contributed by atoms with Gasteiger partial charge in [0.1, 0.15) is 11.2 Å². The molecular formula is C49H28N4OS. The minimum Gasteiger partial charge on any atom is -0.456 e. The monoisotopic (exact) mass is 720 g/mol. The summed E-state index contributed by atoms with van der Waals surface area (Å²) in [5.41, 5.74) is 7.92. The molecule has 0 bridgehead atoms. The second-order valence-electron chi connectivity index (χ2n) is 14.0. The van der Waals surface area contributed by atoms with Gasteiger partial charge in [-0.25, -0.2) is 15.0 Å². The van der Waals surface area contributed by atoms with E-state index in [0.29, 0.717) is 17.5 Å². The Morgan fingerprint density at radius 3 is 1.98 bits per heavy atom. The quantitative estimate of drug-likeness (QED) is 0.182. The molecule has 0 aliphatic carbocycles. The third-order valence-corrected chi connectivity index (χ3v) is 12.0. The second kappa shape index (κ2) is 11.7. The Bertz CT molecular complexity index is 3500. The van der Waals surface area contributed by atoms with E-state index < -0.39 is 0 Å². The van der Waals surface area contributed by atoms with Crippen LogP contribution in [-0.4, -0.2) is 19.5 Å². The van der Waals surface area contributed by atoms with Gasteiger partial charge in [-0.2, -0.15) is 0 Å². The normalized spacial score (nSPS) is 12.0. The molecule has 8 aromatic carbocycles. The number of aromatic nitrogens is 4. The van der Waals surface area contributed by atoms with Gasteiger partial charge in [-0.05, 0) is 65.4 Å². The molecule has 4 aromatic heterocycles. The molecule has 0 N–H and O–H groups in total. The van der Waals surface area contributed by atoms with Crippen molar-refractivity contribution >= 4 is 86.0 Å². The van der Waals surface area contributed by atoms with Crippen LogP contribution in [0.15, 0.2) is 174 Å². The summed E-state index contributed by atoms with van der Waals surface area (Å²) in [6.45, 7) is 0. The van der Waals surface area contributed by atoms with Crippen molar-refractivity contribution in [1.82, 2.24) is 19.5 Å². The SMILES string of the molecule is c1ccc(-c2nc(-c3ccc4c(c3)oc3ccccc34)nc(-c3ccc(-n4c5ccccc5c5cc6ccccc6cc54)c4sc5ccccc5c34)n2)cc1. The van der Waals surface area contributed by atoms with E-state index in [2.05, 4.69) is 132 Å². The summed E-state index contributed by atoms with van der Waals surface area (Å²) in [5.74, 6) is 1.84. The van der Waals surface area contributed by atoms with Crippen molar-refractivity contribution in [2.75, 3.05) is 0 Å². The van der Waals surface area contributed by atoms with E-state index in [1.54, 1.807) is 0 Å². The Morgan fingerprint density at radius 2 is 1.11 bits per heavy atom.